The number of carbonyl (C=O) groups excluding carboxylic acids is 1. The number of thioether (sulfide) groups is 1. The number of para-hydroxylation sites is 1. The van der Waals surface area contributed by atoms with Crippen LogP contribution in [0.15, 0.2) is 42.5 Å². The second kappa shape index (κ2) is 6.58. The molecule has 1 saturated heterocycles. The third-order valence-electron chi connectivity index (χ3n) is 3.72. The van der Waals surface area contributed by atoms with E-state index in [0.29, 0.717) is 11.5 Å². The summed E-state index contributed by atoms with van der Waals surface area (Å²) in [6.45, 7) is 0.0259. The monoisotopic (exact) mass is 335 g/mol. The molecule has 6 heteroatoms. The lowest BCUT2D eigenvalue weighted by molar-refractivity contribution is -0.128. The van der Waals surface area contributed by atoms with E-state index in [1.165, 1.54) is 11.8 Å². The zero-order valence-corrected chi connectivity index (χ0v) is 13.3. The Morgan fingerprint density at radius 2 is 2.04 bits per heavy atom. The molecule has 0 aliphatic carbocycles. The first-order chi connectivity index (χ1) is 11.1. The fourth-order valence-corrected chi connectivity index (χ4v) is 3.81. The van der Waals surface area contributed by atoms with Crippen molar-refractivity contribution in [1.82, 2.24) is 4.90 Å². The van der Waals surface area contributed by atoms with E-state index in [9.17, 15) is 13.6 Å². The molecule has 23 heavy (non-hydrogen) atoms. The van der Waals surface area contributed by atoms with Crippen LogP contribution in [0.5, 0.6) is 5.75 Å². The minimum absolute atomic E-state index is 0.0259. The van der Waals surface area contributed by atoms with Gasteiger partial charge in [-0.1, -0.05) is 18.2 Å². The van der Waals surface area contributed by atoms with Crippen LogP contribution in [0.4, 0.5) is 8.78 Å². The van der Waals surface area contributed by atoms with Gasteiger partial charge in [0.1, 0.15) is 22.8 Å². The van der Waals surface area contributed by atoms with Crippen molar-refractivity contribution in [2.45, 2.75) is 11.9 Å². The lowest BCUT2D eigenvalue weighted by Crippen LogP contribution is -2.28. The topological polar surface area (TPSA) is 29.5 Å². The highest BCUT2D eigenvalue weighted by Crippen LogP contribution is 2.43. The smallest absolute Gasteiger partial charge is 0.234 e. The van der Waals surface area contributed by atoms with Crippen LogP contribution < -0.4 is 4.74 Å². The van der Waals surface area contributed by atoms with Gasteiger partial charge in [-0.3, -0.25) is 4.79 Å². The molecular formula is C17H15F2NO2S. The molecule has 0 aromatic heterocycles. The maximum Gasteiger partial charge on any atom is 0.234 e. The van der Waals surface area contributed by atoms with Crippen molar-refractivity contribution in [3.63, 3.8) is 0 Å². The predicted octanol–water partition coefficient (Wildman–Crippen LogP) is 3.75. The van der Waals surface area contributed by atoms with Gasteiger partial charge in [0.2, 0.25) is 5.91 Å². The molecule has 1 aliphatic rings. The van der Waals surface area contributed by atoms with Gasteiger partial charge in [0, 0.05) is 11.1 Å². The van der Waals surface area contributed by atoms with Crippen LogP contribution in [0.3, 0.4) is 0 Å². The SMILES string of the molecule is COc1ccccc1C1SCC(=O)N1Cc1cc(F)ccc1F. The highest BCUT2D eigenvalue weighted by Gasteiger charge is 2.34. The fraction of sp³-hybridized carbons (Fsp3) is 0.235. The van der Waals surface area contributed by atoms with E-state index in [-0.39, 0.29) is 23.4 Å². The van der Waals surface area contributed by atoms with Crippen molar-refractivity contribution in [2.75, 3.05) is 12.9 Å². The summed E-state index contributed by atoms with van der Waals surface area (Å²) in [6, 6.07) is 10.7. The quantitative estimate of drug-likeness (QED) is 0.852. The first-order valence-electron chi connectivity index (χ1n) is 7.08. The Morgan fingerprint density at radius 3 is 2.83 bits per heavy atom. The molecule has 120 valence electrons. The highest BCUT2D eigenvalue weighted by molar-refractivity contribution is 8.00. The summed E-state index contributed by atoms with van der Waals surface area (Å²) in [4.78, 5) is 13.8. The van der Waals surface area contributed by atoms with Crippen LogP contribution in [-0.2, 0) is 11.3 Å². The third-order valence-corrected chi connectivity index (χ3v) is 4.96. The second-order valence-electron chi connectivity index (χ2n) is 5.16. The first-order valence-corrected chi connectivity index (χ1v) is 8.13. The van der Waals surface area contributed by atoms with Gasteiger partial charge in [0.25, 0.3) is 0 Å². The molecule has 1 aliphatic heterocycles. The predicted molar refractivity (Wildman–Crippen MR) is 85.1 cm³/mol. The van der Waals surface area contributed by atoms with E-state index in [4.69, 9.17) is 4.74 Å². The molecule has 1 amide bonds. The van der Waals surface area contributed by atoms with Crippen molar-refractivity contribution in [1.29, 1.82) is 0 Å². The molecule has 3 nitrogen and oxygen atoms in total. The highest BCUT2D eigenvalue weighted by atomic mass is 32.2. The number of nitrogens with zero attached hydrogens (tertiary/aromatic N) is 1. The Labute approximate surface area is 137 Å². The van der Waals surface area contributed by atoms with Crippen molar-refractivity contribution in [3.05, 3.63) is 65.2 Å². The first kappa shape index (κ1) is 15.8. The van der Waals surface area contributed by atoms with Crippen molar-refractivity contribution >= 4 is 17.7 Å². The number of ether oxygens (including phenoxy) is 1. The summed E-state index contributed by atoms with van der Waals surface area (Å²) >= 11 is 1.45. The van der Waals surface area contributed by atoms with Crippen LogP contribution in [-0.4, -0.2) is 23.7 Å². The number of benzene rings is 2. The number of amides is 1. The molecule has 1 fully saturated rings. The number of carbonyl (C=O) groups is 1. The zero-order chi connectivity index (χ0) is 16.4. The molecule has 1 unspecified atom stereocenters. The minimum atomic E-state index is -0.519. The standard InChI is InChI=1S/C17H15F2NO2S/c1-22-15-5-3-2-4-13(15)17-20(16(21)10-23-17)9-11-8-12(18)6-7-14(11)19/h2-8,17H,9-10H2,1H3. The number of rotatable bonds is 4. The number of hydrogen-bond donors (Lipinski definition) is 0. The minimum Gasteiger partial charge on any atom is -0.496 e. The molecule has 0 spiro atoms. The summed E-state index contributed by atoms with van der Waals surface area (Å²) in [7, 11) is 1.57. The van der Waals surface area contributed by atoms with E-state index >= 15 is 0 Å². The number of hydrogen-bond acceptors (Lipinski definition) is 3. The molecule has 1 atom stereocenters. The maximum absolute atomic E-state index is 13.9. The van der Waals surface area contributed by atoms with Crippen molar-refractivity contribution in [2.24, 2.45) is 0 Å². The van der Waals surface area contributed by atoms with Crippen LogP contribution in [0.25, 0.3) is 0 Å². The molecule has 3 rings (SSSR count). The van der Waals surface area contributed by atoms with Crippen LogP contribution in [0.1, 0.15) is 16.5 Å². The van der Waals surface area contributed by atoms with E-state index in [2.05, 4.69) is 0 Å². The average Bonchev–Trinajstić information content (AvgIpc) is 2.92. The Bertz CT molecular complexity index is 738. The Kier molecular flexibility index (Phi) is 4.52. The van der Waals surface area contributed by atoms with Gasteiger partial charge in [-0.2, -0.15) is 0 Å². The summed E-state index contributed by atoms with van der Waals surface area (Å²) in [5.74, 6) is -0.164. The van der Waals surface area contributed by atoms with E-state index < -0.39 is 11.6 Å². The summed E-state index contributed by atoms with van der Waals surface area (Å²) in [6.07, 6.45) is 0. The third kappa shape index (κ3) is 3.17. The Balaban J connectivity index is 1.93. The van der Waals surface area contributed by atoms with E-state index in [1.807, 2.05) is 24.3 Å². The van der Waals surface area contributed by atoms with Crippen LogP contribution in [0, 0.1) is 11.6 Å². The lowest BCUT2D eigenvalue weighted by Gasteiger charge is -2.25. The maximum atomic E-state index is 13.9. The summed E-state index contributed by atoms with van der Waals surface area (Å²) in [5.41, 5.74) is 1.02. The van der Waals surface area contributed by atoms with Gasteiger partial charge in [0.15, 0.2) is 0 Å². The number of methoxy groups -OCH3 is 1. The van der Waals surface area contributed by atoms with Crippen molar-refractivity contribution < 1.29 is 18.3 Å². The molecule has 0 bridgehead atoms. The summed E-state index contributed by atoms with van der Waals surface area (Å²) < 4.78 is 32.6. The normalized spacial score (nSPS) is 17.6. The molecule has 2 aromatic carbocycles. The molecule has 1 heterocycles. The molecule has 0 N–H and O–H groups in total. The second-order valence-corrected chi connectivity index (χ2v) is 6.23. The number of halogens is 2. The lowest BCUT2D eigenvalue weighted by atomic mass is 10.1. The van der Waals surface area contributed by atoms with Gasteiger partial charge in [-0.15, -0.1) is 11.8 Å². The van der Waals surface area contributed by atoms with Gasteiger partial charge < -0.3 is 9.64 Å². The van der Waals surface area contributed by atoms with Gasteiger partial charge >= 0.3 is 0 Å². The fourth-order valence-electron chi connectivity index (χ4n) is 2.60. The molecule has 2 aromatic rings. The van der Waals surface area contributed by atoms with Crippen LogP contribution in [0.2, 0.25) is 0 Å². The van der Waals surface area contributed by atoms with Gasteiger partial charge in [0.05, 0.1) is 19.4 Å². The zero-order valence-electron chi connectivity index (χ0n) is 12.5. The van der Waals surface area contributed by atoms with Crippen LogP contribution >= 0.6 is 11.8 Å². The molecule has 0 radical (unpaired) electrons. The van der Waals surface area contributed by atoms with Gasteiger partial charge in [-0.25, -0.2) is 8.78 Å². The molecule has 0 saturated carbocycles. The Hall–Kier alpha value is -2.08. The average molecular weight is 335 g/mol. The molecular weight excluding hydrogens is 320 g/mol. The largest absolute Gasteiger partial charge is 0.496 e. The summed E-state index contributed by atoms with van der Waals surface area (Å²) in [5, 5.41) is -0.277. The van der Waals surface area contributed by atoms with E-state index in [0.717, 1.165) is 23.8 Å². The Morgan fingerprint density at radius 1 is 1.26 bits per heavy atom. The van der Waals surface area contributed by atoms with Crippen molar-refractivity contribution in [3.8, 4) is 5.75 Å². The van der Waals surface area contributed by atoms with Gasteiger partial charge in [-0.05, 0) is 24.3 Å². The van der Waals surface area contributed by atoms with E-state index in [1.54, 1.807) is 12.0 Å².